The van der Waals surface area contributed by atoms with Crippen molar-refractivity contribution in [2.24, 2.45) is 11.7 Å². The number of nitrogens with two attached hydrogens (primary N) is 1. The van der Waals surface area contributed by atoms with Gasteiger partial charge in [0.1, 0.15) is 23.9 Å². The molecule has 188 valence electrons. The quantitative estimate of drug-likeness (QED) is 0.180. The van der Waals surface area contributed by atoms with Crippen molar-refractivity contribution in [3.63, 3.8) is 0 Å². The lowest BCUT2D eigenvalue weighted by atomic mass is 10.0. The van der Waals surface area contributed by atoms with Crippen LogP contribution in [0.2, 0.25) is 0 Å². The van der Waals surface area contributed by atoms with Gasteiger partial charge in [0.15, 0.2) is 0 Å². The largest absolute Gasteiger partial charge is 0.508 e. The van der Waals surface area contributed by atoms with Crippen LogP contribution in [0, 0.1) is 5.92 Å². The molecule has 0 aliphatic rings. The molecule has 0 aromatic heterocycles. The minimum atomic E-state index is -1.37. The first-order valence-corrected chi connectivity index (χ1v) is 10.8. The number of carbonyl (C=O) groups is 5. The Balaban J connectivity index is 3.01. The Morgan fingerprint density at radius 2 is 1.44 bits per heavy atom. The van der Waals surface area contributed by atoms with E-state index < -0.39 is 54.2 Å². The summed E-state index contributed by atoms with van der Waals surface area (Å²) >= 11 is 0. The third kappa shape index (κ3) is 10.3. The molecule has 1 aromatic carbocycles. The Kier molecular flexibility index (Phi) is 11.5. The molecule has 0 aliphatic heterocycles. The molecule has 1 aromatic rings. The highest BCUT2D eigenvalue weighted by molar-refractivity contribution is 5.93. The van der Waals surface area contributed by atoms with Gasteiger partial charge in [0.25, 0.3) is 0 Å². The standard InChI is InChI=1S/C22H32N4O8/c1-12(2)9-16(24-18(28)11-23)21(32)25-15(7-8-19(29)30)20(31)26-17(22(33)34)10-13-3-5-14(27)6-4-13/h3-6,12,15-17,27H,7-11,23H2,1-2H3,(H,24,28)(H,25,32)(H,26,31)(H,29,30)(H,33,34). The van der Waals surface area contributed by atoms with E-state index in [4.69, 9.17) is 10.8 Å². The maximum atomic E-state index is 12.8. The van der Waals surface area contributed by atoms with Crippen LogP contribution in [-0.2, 0) is 30.4 Å². The molecule has 34 heavy (non-hydrogen) atoms. The van der Waals surface area contributed by atoms with E-state index in [0.717, 1.165) is 0 Å². The van der Waals surface area contributed by atoms with E-state index in [-0.39, 0.29) is 37.5 Å². The van der Waals surface area contributed by atoms with Crippen molar-refractivity contribution in [1.82, 2.24) is 16.0 Å². The van der Waals surface area contributed by atoms with Gasteiger partial charge in [-0.2, -0.15) is 0 Å². The number of carbonyl (C=O) groups excluding carboxylic acids is 3. The van der Waals surface area contributed by atoms with Crippen LogP contribution in [0.3, 0.4) is 0 Å². The van der Waals surface area contributed by atoms with Crippen molar-refractivity contribution < 1.29 is 39.3 Å². The molecule has 0 heterocycles. The average Bonchev–Trinajstić information content (AvgIpc) is 2.76. The van der Waals surface area contributed by atoms with Crippen molar-refractivity contribution in [3.05, 3.63) is 29.8 Å². The van der Waals surface area contributed by atoms with E-state index in [1.54, 1.807) is 0 Å². The summed E-state index contributed by atoms with van der Waals surface area (Å²) in [5.74, 6) is -4.72. The predicted molar refractivity (Wildman–Crippen MR) is 121 cm³/mol. The van der Waals surface area contributed by atoms with Crippen molar-refractivity contribution in [2.45, 2.75) is 57.7 Å². The van der Waals surface area contributed by atoms with Gasteiger partial charge in [-0.15, -0.1) is 0 Å². The fourth-order valence-corrected chi connectivity index (χ4v) is 3.11. The number of phenols is 1. The lowest BCUT2D eigenvalue weighted by molar-refractivity contribution is -0.143. The molecule has 0 spiro atoms. The summed E-state index contributed by atoms with van der Waals surface area (Å²) in [6, 6.07) is 2.01. The number of nitrogens with one attached hydrogen (secondary N) is 3. The van der Waals surface area contributed by atoms with Crippen LogP contribution in [0.4, 0.5) is 0 Å². The molecule has 3 atom stereocenters. The first kappa shape index (κ1) is 28.4. The molecule has 3 unspecified atom stereocenters. The Bertz CT molecular complexity index is 872. The van der Waals surface area contributed by atoms with Crippen LogP contribution >= 0.6 is 0 Å². The fraction of sp³-hybridized carbons (Fsp3) is 0.500. The van der Waals surface area contributed by atoms with E-state index in [0.29, 0.717) is 5.56 Å². The molecule has 8 N–H and O–H groups in total. The monoisotopic (exact) mass is 480 g/mol. The second-order valence-electron chi connectivity index (χ2n) is 8.22. The number of hydrogen-bond acceptors (Lipinski definition) is 7. The summed E-state index contributed by atoms with van der Waals surface area (Å²) in [5, 5.41) is 35.1. The van der Waals surface area contributed by atoms with E-state index in [1.807, 2.05) is 13.8 Å². The summed E-state index contributed by atoms with van der Waals surface area (Å²) in [6.07, 6.45) is -0.622. The highest BCUT2D eigenvalue weighted by Gasteiger charge is 2.30. The zero-order valence-corrected chi connectivity index (χ0v) is 19.1. The molecule has 0 fully saturated rings. The minimum Gasteiger partial charge on any atom is -0.508 e. The third-order valence-electron chi connectivity index (χ3n) is 4.81. The van der Waals surface area contributed by atoms with Crippen molar-refractivity contribution in [3.8, 4) is 5.75 Å². The smallest absolute Gasteiger partial charge is 0.326 e. The normalized spacial score (nSPS) is 13.4. The molecule has 0 aliphatic carbocycles. The number of rotatable bonds is 14. The summed E-state index contributed by atoms with van der Waals surface area (Å²) < 4.78 is 0. The van der Waals surface area contributed by atoms with Crippen LogP contribution in [0.5, 0.6) is 5.75 Å². The van der Waals surface area contributed by atoms with Crippen molar-refractivity contribution >= 4 is 29.7 Å². The zero-order chi connectivity index (χ0) is 25.8. The molecule has 0 saturated carbocycles. The SMILES string of the molecule is CC(C)CC(NC(=O)CN)C(=O)NC(CCC(=O)O)C(=O)NC(Cc1ccc(O)cc1)C(=O)O. The van der Waals surface area contributed by atoms with Gasteiger partial charge in [-0.3, -0.25) is 19.2 Å². The second kappa shape index (κ2) is 13.8. The Hall–Kier alpha value is -3.67. The maximum absolute atomic E-state index is 12.8. The van der Waals surface area contributed by atoms with E-state index in [2.05, 4.69) is 16.0 Å². The average molecular weight is 481 g/mol. The first-order chi connectivity index (χ1) is 15.9. The number of aliphatic carboxylic acids is 2. The Morgan fingerprint density at radius 1 is 0.882 bits per heavy atom. The number of phenolic OH excluding ortho intramolecular Hbond substituents is 1. The predicted octanol–water partition coefficient (Wildman–Crippen LogP) is -0.657. The molecule has 0 radical (unpaired) electrons. The van der Waals surface area contributed by atoms with Crippen LogP contribution < -0.4 is 21.7 Å². The topological polar surface area (TPSA) is 208 Å². The van der Waals surface area contributed by atoms with Crippen LogP contribution in [0.25, 0.3) is 0 Å². The fourth-order valence-electron chi connectivity index (χ4n) is 3.11. The van der Waals surface area contributed by atoms with Gasteiger partial charge in [-0.05, 0) is 36.5 Å². The second-order valence-corrected chi connectivity index (χ2v) is 8.22. The Morgan fingerprint density at radius 3 is 1.94 bits per heavy atom. The van der Waals surface area contributed by atoms with Crippen LogP contribution in [0.15, 0.2) is 24.3 Å². The minimum absolute atomic E-state index is 0.00169. The highest BCUT2D eigenvalue weighted by Crippen LogP contribution is 2.12. The molecule has 12 nitrogen and oxygen atoms in total. The van der Waals surface area contributed by atoms with E-state index in [9.17, 15) is 34.2 Å². The number of carboxylic acids is 2. The lowest BCUT2D eigenvalue weighted by Gasteiger charge is -2.25. The highest BCUT2D eigenvalue weighted by atomic mass is 16.4. The van der Waals surface area contributed by atoms with Gasteiger partial charge in [0, 0.05) is 12.8 Å². The molecular weight excluding hydrogens is 448 g/mol. The number of benzene rings is 1. The van der Waals surface area contributed by atoms with E-state index >= 15 is 0 Å². The summed E-state index contributed by atoms with van der Waals surface area (Å²) in [4.78, 5) is 60.1. The van der Waals surface area contributed by atoms with Gasteiger partial charge in [-0.25, -0.2) is 4.79 Å². The van der Waals surface area contributed by atoms with Gasteiger partial charge in [0.2, 0.25) is 17.7 Å². The van der Waals surface area contributed by atoms with Crippen molar-refractivity contribution in [2.75, 3.05) is 6.54 Å². The zero-order valence-electron chi connectivity index (χ0n) is 19.1. The third-order valence-corrected chi connectivity index (χ3v) is 4.81. The Labute approximate surface area is 196 Å². The van der Waals surface area contributed by atoms with Crippen molar-refractivity contribution in [1.29, 1.82) is 0 Å². The van der Waals surface area contributed by atoms with Crippen LogP contribution in [-0.4, -0.2) is 69.7 Å². The molecular formula is C22H32N4O8. The summed E-state index contributed by atoms with van der Waals surface area (Å²) in [5.41, 5.74) is 5.82. The van der Waals surface area contributed by atoms with E-state index in [1.165, 1.54) is 24.3 Å². The summed E-state index contributed by atoms with van der Waals surface area (Å²) in [6.45, 7) is 3.30. The number of carboxylic acid groups (broad SMARTS) is 2. The molecule has 0 bridgehead atoms. The number of amides is 3. The first-order valence-electron chi connectivity index (χ1n) is 10.8. The molecule has 1 rings (SSSR count). The van der Waals surface area contributed by atoms with Crippen LogP contribution in [0.1, 0.15) is 38.7 Å². The molecule has 0 saturated heterocycles. The van der Waals surface area contributed by atoms with Gasteiger partial charge in [0.05, 0.1) is 6.54 Å². The van der Waals surface area contributed by atoms with Gasteiger partial charge >= 0.3 is 11.9 Å². The maximum Gasteiger partial charge on any atom is 0.326 e. The van der Waals surface area contributed by atoms with Gasteiger partial charge < -0.3 is 37.0 Å². The summed E-state index contributed by atoms with van der Waals surface area (Å²) in [7, 11) is 0. The number of hydrogen-bond donors (Lipinski definition) is 7. The molecule has 12 heteroatoms. The molecule has 3 amide bonds. The van der Waals surface area contributed by atoms with Gasteiger partial charge in [-0.1, -0.05) is 26.0 Å². The number of aromatic hydroxyl groups is 1. The lowest BCUT2D eigenvalue weighted by Crippen LogP contribution is -2.56.